The zero-order valence-corrected chi connectivity index (χ0v) is 7.03. The van der Waals surface area contributed by atoms with Gasteiger partial charge in [-0.3, -0.25) is 0 Å². The van der Waals surface area contributed by atoms with Crippen molar-refractivity contribution < 1.29 is 0 Å². The van der Waals surface area contributed by atoms with E-state index in [9.17, 15) is 0 Å². The van der Waals surface area contributed by atoms with Crippen molar-refractivity contribution in [3.05, 3.63) is 0 Å². The fraction of sp³-hybridized carbons (Fsp3) is 1.00. The fourth-order valence-electron chi connectivity index (χ4n) is 3.73. The van der Waals surface area contributed by atoms with E-state index in [0.717, 1.165) is 23.8 Å². The predicted octanol–water partition coefficient (Wildman–Crippen LogP) is 0.284. The van der Waals surface area contributed by atoms with Gasteiger partial charge in [-0.15, -0.1) is 0 Å². The molecule has 62 valence electrons. The summed E-state index contributed by atoms with van der Waals surface area (Å²) in [6, 6.07) is 1.45. The molecular formula is C9H16N2. The molecule has 2 heteroatoms. The van der Waals surface area contributed by atoms with Gasteiger partial charge in [0.2, 0.25) is 0 Å². The highest BCUT2D eigenvalue weighted by atomic mass is 15.2. The van der Waals surface area contributed by atoms with E-state index in [1.54, 1.807) is 0 Å². The zero-order chi connectivity index (χ0) is 7.59. The van der Waals surface area contributed by atoms with Crippen LogP contribution in [0.2, 0.25) is 0 Å². The summed E-state index contributed by atoms with van der Waals surface area (Å²) >= 11 is 0. The van der Waals surface area contributed by atoms with Crippen molar-refractivity contribution in [1.82, 2.24) is 4.90 Å². The molecule has 0 aromatic heterocycles. The van der Waals surface area contributed by atoms with Gasteiger partial charge in [-0.2, -0.15) is 0 Å². The van der Waals surface area contributed by atoms with E-state index in [1.807, 2.05) is 0 Å². The van der Waals surface area contributed by atoms with Gasteiger partial charge in [-0.25, -0.2) is 0 Å². The Hall–Kier alpha value is -0.0800. The Balaban J connectivity index is 1.98. The number of nitrogens with two attached hydrogens (primary N) is 1. The number of likely N-dealkylation sites (tertiary alicyclic amines) is 1. The van der Waals surface area contributed by atoms with Gasteiger partial charge in [0, 0.05) is 18.6 Å². The summed E-state index contributed by atoms with van der Waals surface area (Å²) in [5, 5.41) is 0. The normalized spacial score (nSPS) is 61.1. The van der Waals surface area contributed by atoms with Crippen LogP contribution in [0.5, 0.6) is 0 Å². The Morgan fingerprint density at radius 2 is 2.09 bits per heavy atom. The monoisotopic (exact) mass is 152 g/mol. The summed E-state index contributed by atoms with van der Waals surface area (Å²) in [6.45, 7) is 1.27. The quantitative estimate of drug-likeness (QED) is 0.540. The molecule has 0 aromatic carbocycles. The number of hydrogen-bond acceptors (Lipinski definition) is 2. The number of nitrogens with zero attached hydrogens (tertiary/aromatic N) is 1. The molecule has 1 saturated heterocycles. The molecule has 3 aliphatic rings. The first-order valence-corrected chi connectivity index (χ1v) is 4.73. The average Bonchev–Trinajstić information content (AvgIpc) is 2.53. The smallest absolute Gasteiger partial charge is 0.0128 e. The Labute approximate surface area is 67.7 Å². The van der Waals surface area contributed by atoms with Crippen molar-refractivity contribution in [2.45, 2.75) is 24.9 Å². The van der Waals surface area contributed by atoms with E-state index >= 15 is 0 Å². The topological polar surface area (TPSA) is 29.3 Å². The maximum Gasteiger partial charge on any atom is 0.0128 e. The second-order valence-corrected chi connectivity index (χ2v) is 4.64. The number of rotatable bonds is 0. The molecule has 2 aliphatic carbocycles. The lowest BCUT2D eigenvalue weighted by Crippen LogP contribution is -2.36. The molecule has 5 atom stereocenters. The summed E-state index contributed by atoms with van der Waals surface area (Å²) in [5.74, 6) is 2.70. The molecule has 2 bridgehead atoms. The molecule has 0 amide bonds. The lowest BCUT2D eigenvalue weighted by atomic mass is 9.86. The molecular weight excluding hydrogens is 136 g/mol. The minimum atomic E-state index is 0.543. The van der Waals surface area contributed by atoms with E-state index < -0.39 is 0 Å². The predicted molar refractivity (Wildman–Crippen MR) is 44.1 cm³/mol. The van der Waals surface area contributed by atoms with Crippen LogP contribution in [-0.2, 0) is 0 Å². The van der Waals surface area contributed by atoms with Crippen molar-refractivity contribution in [3.8, 4) is 0 Å². The van der Waals surface area contributed by atoms with Crippen LogP contribution in [0.4, 0.5) is 0 Å². The SMILES string of the molecule is CN1C[C@@H]2[C@@H](N)[C@H]3C[C@H]2[C@@H]1C3. The Morgan fingerprint density at radius 1 is 1.27 bits per heavy atom. The average molecular weight is 152 g/mol. The summed E-state index contributed by atoms with van der Waals surface area (Å²) in [5.41, 5.74) is 6.14. The number of fused-ring (bicyclic) bond motifs is 1. The van der Waals surface area contributed by atoms with Crippen LogP contribution in [0, 0.1) is 17.8 Å². The molecule has 11 heavy (non-hydrogen) atoms. The van der Waals surface area contributed by atoms with Gasteiger partial charge < -0.3 is 10.6 Å². The van der Waals surface area contributed by atoms with E-state index in [0.29, 0.717) is 6.04 Å². The molecule has 3 rings (SSSR count). The lowest BCUT2D eigenvalue weighted by molar-refractivity contribution is 0.276. The summed E-state index contributed by atoms with van der Waals surface area (Å²) in [7, 11) is 2.26. The van der Waals surface area contributed by atoms with E-state index in [1.165, 1.54) is 19.4 Å². The molecule has 3 fully saturated rings. The molecule has 2 nitrogen and oxygen atoms in total. The van der Waals surface area contributed by atoms with Crippen molar-refractivity contribution >= 4 is 0 Å². The first-order chi connectivity index (χ1) is 5.27. The first kappa shape index (κ1) is 6.44. The zero-order valence-electron chi connectivity index (χ0n) is 7.03. The van der Waals surface area contributed by atoms with Crippen LogP contribution in [0.15, 0.2) is 0 Å². The third-order valence-corrected chi connectivity index (χ3v) is 4.27. The molecule has 2 saturated carbocycles. The van der Waals surface area contributed by atoms with Gasteiger partial charge in [0.15, 0.2) is 0 Å². The van der Waals surface area contributed by atoms with Gasteiger partial charge in [-0.05, 0) is 37.6 Å². The van der Waals surface area contributed by atoms with Gasteiger partial charge in [-0.1, -0.05) is 0 Å². The molecule has 2 N–H and O–H groups in total. The maximum absolute atomic E-state index is 6.14. The second-order valence-electron chi connectivity index (χ2n) is 4.64. The van der Waals surface area contributed by atoms with Gasteiger partial charge in [0.1, 0.15) is 0 Å². The van der Waals surface area contributed by atoms with Gasteiger partial charge in [0.05, 0.1) is 0 Å². The minimum Gasteiger partial charge on any atom is -0.327 e. The molecule has 1 heterocycles. The Bertz CT molecular complexity index is 192. The molecule has 1 aliphatic heterocycles. The van der Waals surface area contributed by atoms with Gasteiger partial charge >= 0.3 is 0 Å². The van der Waals surface area contributed by atoms with Crippen LogP contribution in [0.25, 0.3) is 0 Å². The second kappa shape index (κ2) is 1.80. The summed E-state index contributed by atoms with van der Waals surface area (Å²) in [6.07, 6.45) is 2.82. The third kappa shape index (κ3) is 0.611. The van der Waals surface area contributed by atoms with Crippen molar-refractivity contribution in [2.75, 3.05) is 13.6 Å². The van der Waals surface area contributed by atoms with E-state index in [-0.39, 0.29) is 0 Å². The summed E-state index contributed by atoms with van der Waals surface area (Å²) in [4.78, 5) is 2.53. The van der Waals surface area contributed by atoms with Crippen molar-refractivity contribution in [1.29, 1.82) is 0 Å². The molecule has 0 aromatic rings. The van der Waals surface area contributed by atoms with Crippen LogP contribution in [0.3, 0.4) is 0 Å². The van der Waals surface area contributed by atoms with E-state index in [2.05, 4.69) is 11.9 Å². The highest BCUT2D eigenvalue weighted by Gasteiger charge is 2.56. The maximum atomic E-state index is 6.14. The van der Waals surface area contributed by atoms with Crippen LogP contribution < -0.4 is 5.73 Å². The lowest BCUT2D eigenvalue weighted by Gasteiger charge is -2.24. The fourth-order valence-corrected chi connectivity index (χ4v) is 3.73. The largest absolute Gasteiger partial charge is 0.327 e. The molecule has 0 unspecified atom stereocenters. The standard InChI is InChI=1S/C9H16N2/c1-11-4-7-6-2-5(9(7)10)3-8(6)11/h5-9H,2-4,10H2,1H3/t5-,6+,7-,8-,9-/m0/s1. The van der Waals surface area contributed by atoms with Crippen LogP contribution >= 0.6 is 0 Å². The third-order valence-electron chi connectivity index (χ3n) is 4.27. The highest BCUT2D eigenvalue weighted by molar-refractivity contribution is 5.10. The van der Waals surface area contributed by atoms with Gasteiger partial charge in [0.25, 0.3) is 0 Å². The molecule has 0 radical (unpaired) electrons. The first-order valence-electron chi connectivity index (χ1n) is 4.73. The van der Waals surface area contributed by atoms with Crippen LogP contribution in [0.1, 0.15) is 12.8 Å². The Kier molecular flexibility index (Phi) is 1.06. The highest BCUT2D eigenvalue weighted by Crippen LogP contribution is 2.53. The van der Waals surface area contributed by atoms with Crippen molar-refractivity contribution in [2.24, 2.45) is 23.5 Å². The molecule has 0 spiro atoms. The van der Waals surface area contributed by atoms with Crippen LogP contribution in [-0.4, -0.2) is 30.6 Å². The van der Waals surface area contributed by atoms with Crippen molar-refractivity contribution in [3.63, 3.8) is 0 Å². The minimum absolute atomic E-state index is 0.543. The Morgan fingerprint density at radius 3 is 2.73 bits per heavy atom. The van der Waals surface area contributed by atoms with E-state index in [4.69, 9.17) is 5.73 Å². The number of hydrogen-bond donors (Lipinski definition) is 1. The summed E-state index contributed by atoms with van der Waals surface area (Å²) < 4.78 is 0.